The van der Waals surface area contributed by atoms with Crippen LogP contribution in [-0.2, 0) is 4.57 Å². The van der Waals surface area contributed by atoms with Crippen molar-refractivity contribution in [2.45, 2.75) is 61.4 Å². The van der Waals surface area contributed by atoms with Crippen LogP contribution in [0.4, 0.5) is 0 Å². The number of rotatable bonds is 1. The lowest BCUT2D eigenvalue weighted by atomic mass is 9.94. The summed E-state index contributed by atoms with van der Waals surface area (Å²) in [6, 6.07) is 0. The molecule has 1 heterocycles. The number of thioether (sulfide) groups is 1. The third kappa shape index (κ3) is 2.23. The molecule has 0 bridgehead atoms. The van der Waals surface area contributed by atoms with E-state index in [4.69, 9.17) is 0 Å². The monoisotopic (exact) mass is 248 g/mol. The predicted molar refractivity (Wildman–Crippen MR) is 64.2 cm³/mol. The molecule has 2 atom stereocenters. The van der Waals surface area contributed by atoms with Crippen molar-refractivity contribution in [2.24, 2.45) is 0 Å². The van der Waals surface area contributed by atoms with Gasteiger partial charge in [-0.1, -0.05) is 19.3 Å². The lowest BCUT2D eigenvalue weighted by Crippen LogP contribution is -2.43. The molecule has 3 nitrogen and oxygen atoms in total. The van der Waals surface area contributed by atoms with Gasteiger partial charge in [-0.15, -0.1) is 11.8 Å². The Morgan fingerprint density at radius 1 is 1.33 bits per heavy atom. The summed E-state index contributed by atoms with van der Waals surface area (Å²) in [5, 5.41) is 3.43. The molecular formula is C10H19NO2PS+. The van der Waals surface area contributed by atoms with Crippen molar-refractivity contribution in [1.82, 2.24) is 5.32 Å². The molecule has 2 rings (SSSR count). The second-order valence-corrected chi connectivity index (χ2v) is 8.27. The van der Waals surface area contributed by atoms with Crippen molar-refractivity contribution in [2.75, 3.05) is 0 Å². The van der Waals surface area contributed by atoms with Gasteiger partial charge in [0, 0.05) is 0 Å². The summed E-state index contributed by atoms with van der Waals surface area (Å²) in [4.78, 5) is 9.42. The van der Waals surface area contributed by atoms with Gasteiger partial charge in [-0.25, -0.2) is 0 Å². The van der Waals surface area contributed by atoms with Gasteiger partial charge in [0.1, 0.15) is 0 Å². The zero-order valence-corrected chi connectivity index (χ0v) is 11.0. The van der Waals surface area contributed by atoms with Crippen LogP contribution >= 0.6 is 19.8 Å². The molecule has 0 amide bonds. The number of nitrogens with one attached hydrogen (secondary N) is 1. The number of hydrogen-bond donors (Lipinski definition) is 2. The van der Waals surface area contributed by atoms with E-state index in [0.29, 0.717) is 0 Å². The van der Waals surface area contributed by atoms with Crippen molar-refractivity contribution in [3.63, 3.8) is 0 Å². The van der Waals surface area contributed by atoms with E-state index in [-0.39, 0.29) is 15.4 Å². The van der Waals surface area contributed by atoms with Gasteiger partial charge in [0.2, 0.25) is 0 Å². The molecule has 15 heavy (non-hydrogen) atoms. The summed E-state index contributed by atoms with van der Waals surface area (Å²) < 4.78 is 11.2. The molecular weight excluding hydrogens is 229 g/mol. The maximum Gasteiger partial charge on any atom is 0.526 e. The Bertz CT molecular complexity index is 277. The zero-order valence-electron chi connectivity index (χ0n) is 9.32. The van der Waals surface area contributed by atoms with E-state index in [0.717, 1.165) is 12.8 Å². The number of hydrogen-bond acceptors (Lipinski definition) is 3. The fourth-order valence-corrected chi connectivity index (χ4v) is 5.95. The van der Waals surface area contributed by atoms with Crippen LogP contribution in [0.3, 0.4) is 0 Å². The van der Waals surface area contributed by atoms with E-state index >= 15 is 0 Å². The fourth-order valence-electron chi connectivity index (χ4n) is 2.70. The first-order chi connectivity index (χ1) is 6.95. The molecule has 5 heteroatoms. The third-order valence-corrected chi connectivity index (χ3v) is 6.47. The summed E-state index contributed by atoms with van der Waals surface area (Å²) >= 11 is 1.87. The molecule has 1 saturated carbocycles. The molecule has 1 saturated heterocycles. The maximum absolute atomic E-state index is 11.3. The van der Waals surface area contributed by atoms with Gasteiger partial charge in [0.25, 0.3) is 5.78 Å². The van der Waals surface area contributed by atoms with E-state index in [9.17, 15) is 9.46 Å². The summed E-state index contributed by atoms with van der Waals surface area (Å²) in [5.74, 6) is -0.254. The first-order valence-corrected chi connectivity index (χ1v) is 7.68. The molecule has 2 N–H and O–H groups in total. The molecule has 1 aliphatic heterocycles. The minimum atomic E-state index is -2.12. The highest BCUT2D eigenvalue weighted by Crippen LogP contribution is 2.55. The van der Waals surface area contributed by atoms with E-state index in [1.807, 2.05) is 11.8 Å². The van der Waals surface area contributed by atoms with Crippen molar-refractivity contribution in [3.8, 4) is 0 Å². The van der Waals surface area contributed by atoms with Crippen LogP contribution in [0.1, 0.15) is 46.0 Å². The van der Waals surface area contributed by atoms with Crippen molar-refractivity contribution < 1.29 is 9.46 Å². The van der Waals surface area contributed by atoms with E-state index < -0.39 is 8.03 Å². The lowest BCUT2D eigenvalue weighted by Gasteiger charge is -2.33. The minimum Gasteiger partial charge on any atom is -0.255 e. The Balaban J connectivity index is 2.16. The van der Waals surface area contributed by atoms with Gasteiger partial charge in [-0.05, 0) is 31.3 Å². The van der Waals surface area contributed by atoms with Crippen LogP contribution in [0.15, 0.2) is 0 Å². The molecule has 0 aromatic heterocycles. The van der Waals surface area contributed by atoms with Crippen molar-refractivity contribution in [1.29, 1.82) is 0 Å². The topological polar surface area (TPSA) is 49.3 Å². The SMILES string of the molecule is CC1(C)SC2(CCCCC2)NC1[P+](=O)O. The molecule has 0 radical (unpaired) electrons. The first-order valence-electron chi connectivity index (χ1n) is 5.58. The second kappa shape index (κ2) is 3.99. The normalized spacial score (nSPS) is 34.3. The summed E-state index contributed by atoms with van der Waals surface area (Å²) in [7, 11) is -2.12. The van der Waals surface area contributed by atoms with Gasteiger partial charge >= 0.3 is 8.03 Å². The molecule has 2 aliphatic rings. The lowest BCUT2D eigenvalue weighted by molar-refractivity contribution is 0.333. The van der Waals surface area contributed by atoms with E-state index in [1.54, 1.807) is 0 Å². The van der Waals surface area contributed by atoms with Crippen LogP contribution in [-0.4, -0.2) is 20.3 Å². The molecule has 0 aromatic rings. The van der Waals surface area contributed by atoms with Gasteiger partial charge < -0.3 is 0 Å². The van der Waals surface area contributed by atoms with Crippen LogP contribution in [0.2, 0.25) is 0 Å². The Kier molecular flexibility index (Phi) is 3.15. The summed E-state index contributed by atoms with van der Waals surface area (Å²) in [5.41, 5.74) is 0. The first kappa shape index (κ1) is 11.8. The predicted octanol–water partition coefficient (Wildman–Crippen LogP) is 2.82. The second-order valence-electron chi connectivity index (χ2n) is 5.11. The quantitative estimate of drug-likeness (QED) is 0.701. The highest BCUT2D eigenvalue weighted by molar-refractivity contribution is 8.02. The van der Waals surface area contributed by atoms with Gasteiger partial charge in [-0.3, -0.25) is 5.32 Å². The van der Waals surface area contributed by atoms with Gasteiger partial charge in [0.15, 0.2) is 0 Å². The zero-order chi connectivity index (χ0) is 11.1. The summed E-state index contributed by atoms with van der Waals surface area (Å²) in [6.07, 6.45) is 6.07. The van der Waals surface area contributed by atoms with Gasteiger partial charge in [0.05, 0.1) is 9.62 Å². The van der Waals surface area contributed by atoms with Crippen LogP contribution in [0.25, 0.3) is 0 Å². The van der Waals surface area contributed by atoms with Crippen LogP contribution < -0.4 is 5.32 Å². The van der Waals surface area contributed by atoms with E-state index in [1.165, 1.54) is 19.3 Å². The van der Waals surface area contributed by atoms with Crippen LogP contribution in [0, 0.1) is 0 Å². The Morgan fingerprint density at radius 2 is 1.93 bits per heavy atom. The molecule has 2 fully saturated rings. The molecule has 86 valence electrons. The smallest absolute Gasteiger partial charge is 0.255 e. The molecule has 0 aromatic carbocycles. The highest BCUT2D eigenvalue weighted by atomic mass is 32.2. The minimum absolute atomic E-state index is 0.0835. The highest BCUT2D eigenvalue weighted by Gasteiger charge is 2.58. The fraction of sp³-hybridized carbons (Fsp3) is 1.00. The Hall–Kier alpha value is 0.370. The Labute approximate surface area is 96.3 Å². The van der Waals surface area contributed by atoms with E-state index in [2.05, 4.69) is 19.2 Å². The average Bonchev–Trinajstić information content (AvgIpc) is 2.39. The van der Waals surface area contributed by atoms with Gasteiger partial charge in [-0.2, -0.15) is 4.89 Å². The molecule has 2 unspecified atom stereocenters. The van der Waals surface area contributed by atoms with Crippen LogP contribution in [0.5, 0.6) is 0 Å². The maximum atomic E-state index is 11.3. The average molecular weight is 248 g/mol. The Morgan fingerprint density at radius 3 is 2.40 bits per heavy atom. The van der Waals surface area contributed by atoms with Crippen molar-refractivity contribution >= 4 is 19.8 Å². The summed E-state index contributed by atoms with van der Waals surface area (Å²) in [6.45, 7) is 4.14. The third-order valence-electron chi connectivity index (χ3n) is 3.40. The molecule has 1 aliphatic carbocycles. The molecule has 1 spiro atoms. The largest absolute Gasteiger partial charge is 0.526 e. The van der Waals surface area contributed by atoms with Crippen molar-refractivity contribution in [3.05, 3.63) is 0 Å². The standard InChI is InChI=1S/C10H18NO2PS/c1-9(2)8(14(12)13)11-10(15-9)6-4-3-5-7-10/h8,11H,3-7H2,1-2H3/p+1.